The molecule has 0 aliphatic carbocycles. The van der Waals surface area contributed by atoms with Crippen molar-refractivity contribution < 1.29 is 19.1 Å². The summed E-state index contributed by atoms with van der Waals surface area (Å²) in [4.78, 5) is 53.3. The van der Waals surface area contributed by atoms with Crippen LogP contribution in [0.5, 0.6) is 5.75 Å². The lowest BCUT2D eigenvalue weighted by atomic mass is 9.97. The van der Waals surface area contributed by atoms with Crippen LogP contribution in [0.2, 0.25) is 5.02 Å². The van der Waals surface area contributed by atoms with Crippen LogP contribution in [0.15, 0.2) is 89.9 Å². The summed E-state index contributed by atoms with van der Waals surface area (Å²) in [5.41, 5.74) is 2.59. The zero-order valence-electron chi connectivity index (χ0n) is 23.2. The van der Waals surface area contributed by atoms with Gasteiger partial charge in [0.05, 0.1) is 13.3 Å². The highest BCUT2D eigenvalue weighted by Crippen LogP contribution is 2.34. The molecular formula is C32H30ClN3O5. The second kappa shape index (κ2) is 12.7. The van der Waals surface area contributed by atoms with Crippen molar-refractivity contribution in [2.45, 2.75) is 19.4 Å². The van der Waals surface area contributed by atoms with Gasteiger partial charge in [-0.25, -0.2) is 0 Å². The molecule has 4 aromatic rings. The van der Waals surface area contributed by atoms with Crippen LogP contribution in [0.3, 0.4) is 0 Å². The number of pyridine rings is 1. The zero-order chi connectivity index (χ0) is 29.7. The topological polar surface area (TPSA) is 97.7 Å². The molecule has 8 nitrogen and oxygen atoms in total. The highest BCUT2D eigenvalue weighted by atomic mass is 35.5. The molecule has 1 heterocycles. The van der Waals surface area contributed by atoms with E-state index in [-0.39, 0.29) is 18.1 Å². The monoisotopic (exact) mass is 571 g/mol. The van der Waals surface area contributed by atoms with E-state index in [0.717, 1.165) is 5.56 Å². The number of methoxy groups -OCH3 is 1. The molecule has 0 radical (unpaired) electrons. The number of nitrogens with one attached hydrogen (secondary N) is 1. The standard InChI is InChI=1S/C32H30ClN3O5/c1-20(37)25-15-12-23(33)17-26(25)27-18-30(38)36(19-29(27)41-4)28(16-21-8-6-5-7-9-21)31(39)34-24-13-10-22(11-14-24)32(40)35(2)3/h5-15,17-19,28H,16H2,1-4H3,(H,34,39)/t28-/m0/s1. The average Bonchev–Trinajstić information content (AvgIpc) is 2.96. The summed E-state index contributed by atoms with van der Waals surface area (Å²) in [6, 6.07) is 21.1. The van der Waals surface area contributed by atoms with E-state index in [0.29, 0.717) is 38.7 Å². The summed E-state index contributed by atoms with van der Waals surface area (Å²) in [6.45, 7) is 1.43. The Bertz CT molecular complexity index is 1650. The van der Waals surface area contributed by atoms with Gasteiger partial charge in [0.15, 0.2) is 5.78 Å². The number of hydrogen-bond acceptors (Lipinski definition) is 5. The number of rotatable bonds is 9. The van der Waals surface area contributed by atoms with Crippen molar-refractivity contribution in [3.8, 4) is 16.9 Å². The fourth-order valence-electron chi connectivity index (χ4n) is 4.53. The Morgan fingerprint density at radius 1 is 0.951 bits per heavy atom. The van der Waals surface area contributed by atoms with Gasteiger partial charge in [0.25, 0.3) is 11.5 Å². The molecule has 9 heteroatoms. The van der Waals surface area contributed by atoms with Gasteiger partial charge in [-0.3, -0.25) is 23.7 Å². The highest BCUT2D eigenvalue weighted by molar-refractivity contribution is 6.31. The Morgan fingerprint density at radius 3 is 2.24 bits per heavy atom. The number of Topliss-reactive ketones (excluding diaryl/α,β-unsaturated/α-hetero) is 1. The minimum Gasteiger partial charge on any atom is -0.495 e. The van der Waals surface area contributed by atoms with Crippen molar-refractivity contribution in [2.24, 2.45) is 0 Å². The van der Waals surface area contributed by atoms with Crippen LogP contribution in [0, 0.1) is 0 Å². The Morgan fingerprint density at radius 2 is 1.63 bits per heavy atom. The number of hydrogen-bond donors (Lipinski definition) is 1. The van der Waals surface area contributed by atoms with Crippen molar-refractivity contribution in [2.75, 3.05) is 26.5 Å². The smallest absolute Gasteiger partial charge is 0.253 e. The number of carbonyl (C=O) groups excluding carboxylic acids is 3. The molecule has 0 aliphatic heterocycles. The first-order chi connectivity index (χ1) is 19.6. The van der Waals surface area contributed by atoms with Gasteiger partial charge < -0.3 is 15.0 Å². The van der Waals surface area contributed by atoms with Crippen LogP contribution >= 0.6 is 11.6 Å². The Balaban J connectivity index is 1.76. The molecule has 2 amide bonds. The SMILES string of the molecule is COc1cn([C@@H](Cc2ccccc2)C(=O)Nc2ccc(C(=O)N(C)C)cc2)c(=O)cc1-c1cc(Cl)ccc1C(C)=O. The summed E-state index contributed by atoms with van der Waals surface area (Å²) in [5, 5.41) is 3.27. The molecule has 0 saturated heterocycles. The van der Waals surface area contributed by atoms with Crippen LogP contribution in [-0.4, -0.2) is 48.3 Å². The van der Waals surface area contributed by atoms with E-state index in [1.165, 1.54) is 35.8 Å². The van der Waals surface area contributed by atoms with Gasteiger partial charge in [0.2, 0.25) is 5.91 Å². The van der Waals surface area contributed by atoms with Gasteiger partial charge in [-0.2, -0.15) is 0 Å². The Kier molecular flexibility index (Phi) is 9.04. The predicted octanol–water partition coefficient (Wildman–Crippen LogP) is 5.50. The minimum atomic E-state index is -0.942. The van der Waals surface area contributed by atoms with Crippen LogP contribution < -0.4 is 15.6 Å². The predicted molar refractivity (Wildman–Crippen MR) is 160 cm³/mol. The fourth-order valence-corrected chi connectivity index (χ4v) is 4.70. The van der Waals surface area contributed by atoms with Crippen LogP contribution in [0.1, 0.15) is 39.2 Å². The van der Waals surface area contributed by atoms with E-state index in [9.17, 15) is 19.2 Å². The lowest BCUT2D eigenvalue weighted by Crippen LogP contribution is -2.34. The number of amides is 2. The van der Waals surface area contributed by atoms with E-state index in [1.54, 1.807) is 56.6 Å². The fraction of sp³-hybridized carbons (Fsp3) is 0.188. The number of carbonyl (C=O) groups is 3. The number of anilines is 1. The summed E-state index contributed by atoms with van der Waals surface area (Å²) >= 11 is 6.23. The summed E-state index contributed by atoms with van der Waals surface area (Å²) < 4.78 is 6.97. The minimum absolute atomic E-state index is 0.156. The maximum absolute atomic E-state index is 13.7. The first-order valence-electron chi connectivity index (χ1n) is 12.9. The quantitative estimate of drug-likeness (QED) is 0.267. The first-order valence-corrected chi connectivity index (χ1v) is 13.2. The average molecular weight is 572 g/mol. The third-order valence-electron chi connectivity index (χ3n) is 6.63. The Hall–Kier alpha value is -4.69. The van der Waals surface area contributed by atoms with Gasteiger partial charge in [-0.15, -0.1) is 0 Å². The Labute approximate surface area is 243 Å². The molecule has 210 valence electrons. The maximum atomic E-state index is 13.7. The molecular weight excluding hydrogens is 542 g/mol. The number of halogens is 1. The lowest BCUT2D eigenvalue weighted by molar-refractivity contribution is -0.119. The summed E-state index contributed by atoms with van der Waals surface area (Å²) in [6.07, 6.45) is 1.71. The van der Waals surface area contributed by atoms with Crippen LogP contribution in [0.25, 0.3) is 11.1 Å². The third kappa shape index (κ3) is 6.73. The summed E-state index contributed by atoms with van der Waals surface area (Å²) in [7, 11) is 4.78. The summed E-state index contributed by atoms with van der Waals surface area (Å²) in [5.74, 6) is -0.477. The number of nitrogens with zero attached hydrogens (tertiary/aromatic N) is 2. The van der Waals surface area contributed by atoms with Crippen molar-refractivity contribution in [1.82, 2.24) is 9.47 Å². The number of ketones is 1. The molecule has 0 fully saturated rings. The zero-order valence-corrected chi connectivity index (χ0v) is 23.9. The lowest BCUT2D eigenvalue weighted by Gasteiger charge is -2.22. The molecule has 1 N–H and O–H groups in total. The van der Waals surface area contributed by atoms with E-state index in [2.05, 4.69) is 5.32 Å². The van der Waals surface area contributed by atoms with Crippen LogP contribution in [-0.2, 0) is 11.2 Å². The highest BCUT2D eigenvalue weighted by Gasteiger charge is 2.25. The maximum Gasteiger partial charge on any atom is 0.253 e. The molecule has 0 bridgehead atoms. The molecule has 0 spiro atoms. The third-order valence-corrected chi connectivity index (χ3v) is 6.87. The van der Waals surface area contributed by atoms with E-state index in [1.807, 2.05) is 30.3 Å². The van der Waals surface area contributed by atoms with Crippen molar-refractivity contribution in [3.63, 3.8) is 0 Å². The first kappa shape index (κ1) is 29.3. The van der Waals surface area contributed by atoms with Gasteiger partial charge in [0, 0.05) is 54.0 Å². The van der Waals surface area contributed by atoms with E-state index < -0.39 is 17.5 Å². The molecule has 0 saturated carbocycles. The second-order valence-corrected chi connectivity index (χ2v) is 10.2. The number of benzene rings is 3. The largest absolute Gasteiger partial charge is 0.495 e. The molecule has 0 aliphatic rings. The normalized spacial score (nSPS) is 11.4. The van der Waals surface area contributed by atoms with Gasteiger partial charge >= 0.3 is 0 Å². The van der Waals surface area contributed by atoms with E-state index >= 15 is 0 Å². The van der Waals surface area contributed by atoms with Crippen molar-refractivity contribution >= 4 is 34.9 Å². The molecule has 1 atom stereocenters. The van der Waals surface area contributed by atoms with Gasteiger partial charge in [0.1, 0.15) is 11.8 Å². The van der Waals surface area contributed by atoms with Crippen molar-refractivity contribution in [1.29, 1.82) is 0 Å². The van der Waals surface area contributed by atoms with Crippen molar-refractivity contribution in [3.05, 3.63) is 117 Å². The number of ether oxygens (including phenoxy) is 1. The molecule has 0 unspecified atom stereocenters. The molecule has 3 aromatic carbocycles. The van der Waals surface area contributed by atoms with Gasteiger partial charge in [-0.05, 0) is 60.5 Å². The van der Waals surface area contributed by atoms with Gasteiger partial charge in [-0.1, -0.05) is 41.9 Å². The van der Waals surface area contributed by atoms with Crippen LogP contribution in [0.4, 0.5) is 5.69 Å². The number of aromatic nitrogens is 1. The van der Waals surface area contributed by atoms with E-state index in [4.69, 9.17) is 16.3 Å². The molecule has 41 heavy (non-hydrogen) atoms. The molecule has 4 rings (SSSR count). The molecule has 1 aromatic heterocycles. The second-order valence-electron chi connectivity index (χ2n) is 9.72.